The second-order valence-corrected chi connectivity index (χ2v) is 3.12. The molecule has 0 bridgehead atoms. The molecule has 0 aliphatic rings. The lowest BCUT2D eigenvalue weighted by molar-refractivity contribution is 0.585. The van der Waals surface area contributed by atoms with Gasteiger partial charge in [0.2, 0.25) is 0 Å². The van der Waals surface area contributed by atoms with E-state index in [1.807, 2.05) is 0 Å². The smallest absolute Gasteiger partial charge is 0.0654 e. The molecule has 0 nitrogen and oxygen atoms in total. The van der Waals surface area contributed by atoms with Crippen LogP contribution in [-0.4, -0.2) is 8.41 Å². The van der Waals surface area contributed by atoms with Gasteiger partial charge in [0, 0.05) is 0 Å². The quantitative estimate of drug-likeness (QED) is 0.392. The zero-order valence-corrected chi connectivity index (χ0v) is 7.66. The molecule has 0 saturated carbocycles. The Morgan fingerprint density at radius 2 is 0.818 bits per heavy atom. The minimum Gasteiger partial charge on any atom is -0.0654 e. The van der Waals surface area contributed by atoms with Gasteiger partial charge in [-0.15, -0.1) is 0 Å². The summed E-state index contributed by atoms with van der Waals surface area (Å²) in [6.45, 7) is 4.54. The molecular formula is C10H25B. The molecule has 0 fully saturated rings. The van der Waals surface area contributed by atoms with Gasteiger partial charge < -0.3 is 0 Å². The summed E-state index contributed by atoms with van der Waals surface area (Å²) in [5, 5.41) is 0. The fourth-order valence-corrected chi connectivity index (χ4v) is 1.21. The maximum Gasteiger partial charge on any atom is 0.0814 e. The lowest BCUT2D eigenvalue weighted by Crippen LogP contribution is -1.77. The SMILES string of the molecule is B.CCCCCCCCCC. The van der Waals surface area contributed by atoms with E-state index in [-0.39, 0.29) is 8.41 Å². The summed E-state index contributed by atoms with van der Waals surface area (Å²) >= 11 is 0. The molecule has 0 aliphatic carbocycles. The molecule has 0 unspecified atom stereocenters. The van der Waals surface area contributed by atoms with Gasteiger partial charge in [-0.05, 0) is 0 Å². The molecular weight excluding hydrogens is 131 g/mol. The van der Waals surface area contributed by atoms with Gasteiger partial charge in [0.15, 0.2) is 0 Å². The van der Waals surface area contributed by atoms with Crippen molar-refractivity contribution in [2.24, 2.45) is 0 Å². The number of unbranched alkanes of at least 4 members (excludes halogenated alkanes) is 7. The molecule has 68 valence electrons. The van der Waals surface area contributed by atoms with Gasteiger partial charge in [-0.1, -0.05) is 65.2 Å². The van der Waals surface area contributed by atoms with E-state index in [0.717, 1.165) is 0 Å². The molecule has 0 rings (SSSR count). The van der Waals surface area contributed by atoms with Crippen LogP contribution in [0, 0.1) is 0 Å². The van der Waals surface area contributed by atoms with E-state index in [1.54, 1.807) is 0 Å². The lowest BCUT2D eigenvalue weighted by atomic mass is 10.1. The average Bonchev–Trinajstić information content (AvgIpc) is 1.97. The van der Waals surface area contributed by atoms with Gasteiger partial charge in [-0.25, -0.2) is 0 Å². The molecule has 0 aliphatic heterocycles. The molecule has 0 saturated heterocycles. The van der Waals surface area contributed by atoms with Crippen molar-refractivity contribution >= 4 is 8.41 Å². The van der Waals surface area contributed by atoms with Crippen molar-refractivity contribution in [1.29, 1.82) is 0 Å². The van der Waals surface area contributed by atoms with Gasteiger partial charge >= 0.3 is 0 Å². The standard InChI is InChI=1S/C10H22.BH3/c1-3-5-7-9-10-8-6-4-2;/h3-10H2,1-2H3;1H3. The monoisotopic (exact) mass is 156 g/mol. The molecule has 0 aromatic heterocycles. The number of hydrogen-bond donors (Lipinski definition) is 0. The van der Waals surface area contributed by atoms with Crippen LogP contribution in [0.5, 0.6) is 0 Å². The molecule has 1 heteroatoms. The highest BCUT2D eigenvalue weighted by Crippen LogP contribution is 2.07. The molecule has 0 heterocycles. The summed E-state index contributed by atoms with van der Waals surface area (Å²) < 4.78 is 0. The van der Waals surface area contributed by atoms with E-state index in [1.165, 1.54) is 51.4 Å². The molecule has 0 aromatic carbocycles. The van der Waals surface area contributed by atoms with Crippen LogP contribution in [0.25, 0.3) is 0 Å². The summed E-state index contributed by atoms with van der Waals surface area (Å²) in [6, 6.07) is 0. The van der Waals surface area contributed by atoms with Crippen LogP contribution in [0.4, 0.5) is 0 Å². The van der Waals surface area contributed by atoms with Crippen LogP contribution in [0.15, 0.2) is 0 Å². The summed E-state index contributed by atoms with van der Waals surface area (Å²) in [4.78, 5) is 0. The Morgan fingerprint density at radius 1 is 0.545 bits per heavy atom. The van der Waals surface area contributed by atoms with Crippen LogP contribution in [0.1, 0.15) is 65.2 Å². The normalized spacial score (nSPS) is 9.27. The third-order valence-corrected chi connectivity index (χ3v) is 1.96. The van der Waals surface area contributed by atoms with Crippen LogP contribution in [-0.2, 0) is 0 Å². The van der Waals surface area contributed by atoms with Gasteiger partial charge in [0.25, 0.3) is 0 Å². The van der Waals surface area contributed by atoms with E-state index in [2.05, 4.69) is 13.8 Å². The fraction of sp³-hybridized carbons (Fsp3) is 1.00. The van der Waals surface area contributed by atoms with Crippen molar-refractivity contribution < 1.29 is 0 Å². The first-order chi connectivity index (χ1) is 4.91. The third kappa shape index (κ3) is 13.1. The van der Waals surface area contributed by atoms with Gasteiger partial charge in [-0.3, -0.25) is 0 Å². The Morgan fingerprint density at radius 3 is 1.09 bits per heavy atom. The topological polar surface area (TPSA) is 0 Å². The van der Waals surface area contributed by atoms with Crippen molar-refractivity contribution in [3.8, 4) is 0 Å². The fourth-order valence-electron chi connectivity index (χ4n) is 1.21. The van der Waals surface area contributed by atoms with E-state index in [4.69, 9.17) is 0 Å². The minimum atomic E-state index is 0. The highest BCUT2D eigenvalue weighted by molar-refractivity contribution is 5.75. The van der Waals surface area contributed by atoms with E-state index in [9.17, 15) is 0 Å². The second kappa shape index (κ2) is 12.7. The lowest BCUT2D eigenvalue weighted by Gasteiger charge is -1.97. The van der Waals surface area contributed by atoms with Crippen LogP contribution in [0.3, 0.4) is 0 Å². The zero-order valence-electron chi connectivity index (χ0n) is 7.66. The number of rotatable bonds is 7. The number of hydrogen-bond acceptors (Lipinski definition) is 0. The first kappa shape index (κ1) is 13.6. The van der Waals surface area contributed by atoms with E-state index in [0.29, 0.717) is 0 Å². The molecule has 11 heavy (non-hydrogen) atoms. The summed E-state index contributed by atoms with van der Waals surface area (Å²) in [7, 11) is 0. The van der Waals surface area contributed by atoms with Crippen molar-refractivity contribution in [2.75, 3.05) is 0 Å². The van der Waals surface area contributed by atoms with Crippen LogP contribution >= 0.6 is 0 Å². The predicted molar refractivity (Wildman–Crippen MR) is 58.2 cm³/mol. The molecule has 0 spiro atoms. The van der Waals surface area contributed by atoms with Gasteiger partial charge in [-0.2, -0.15) is 0 Å². The molecule has 0 radical (unpaired) electrons. The van der Waals surface area contributed by atoms with Crippen molar-refractivity contribution in [1.82, 2.24) is 0 Å². The molecule has 0 N–H and O–H groups in total. The van der Waals surface area contributed by atoms with Crippen LogP contribution < -0.4 is 0 Å². The average molecular weight is 156 g/mol. The van der Waals surface area contributed by atoms with Crippen molar-refractivity contribution in [3.63, 3.8) is 0 Å². The second-order valence-electron chi connectivity index (χ2n) is 3.12. The Hall–Kier alpha value is 0.0649. The summed E-state index contributed by atoms with van der Waals surface area (Å²) in [5.74, 6) is 0. The molecule has 0 amide bonds. The Bertz CT molecular complexity index is 44.8. The molecule has 0 aromatic rings. The maximum atomic E-state index is 2.27. The Balaban J connectivity index is 0. The van der Waals surface area contributed by atoms with Crippen LogP contribution in [0.2, 0.25) is 0 Å². The Kier molecular flexibility index (Phi) is 15.8. The first-order valence-electron chi connectivity index (χ1n) is 4.91. The molecule has 0 atom stereocenters. The Labute approximate surface area is 74.3 Å². The van der Waals surface area contributed by atoms with Crippen molar-refractivity contribution in [3.05, 3.63) is 0 Å². The highest BCUT2D eigenvalue weighted by atomic mass is 13.9. The largest absolute Gasteiger partial charge is 0.0814 e. The van der Waals surface area contributed by atoms with E-state index >= 15 is 0 Å². The highest BCUT2D eigenvalue weighted by Gasteiger charge is 1.87. The minimum absolute atomic E-state index is 0. The van der Waals surface area contributed by atoms with E-state index < -0.39 is 0 Å². The first-order valence-corrected chi connectivity index (χ1v) is 4.91. The summed E-state index contributed by atoms with van der Waals surface area (Å²) in [6.07, 6.45) is 11.5. The predicted octanol–water partition coefficient (Wildman–Crippen LogP) is 2.96. The van der Waals surface area contributed by atoms with Gasteiger partial charge in [0.1, 0.15) is 0 Å². The maximum absolute atomic E-state index is 2.27. The van der Waals surface area contributed by atoms with Gasteiger partial charge in [0.05, 0.1) is 8.41 Å². The zero-order chi connectivity index (χ0) is 7.66. The van der Waals surface area contributed by atoms with Crippen molar-refractivity contribution in [2.45, 2.75) is 65.2 Å². The third-order valence-electron chi connectivity index (χ3n) is 1.96. The summed E-state index contributed by atoms with van der Waals surface area (Å²) in [5.41, 5.74) is 0.